The number of carbonyl (C=O) groups excluding carboxylic acids is 2. The van der Waals surface area contributed by atoms with Gasteiger partial charge in [-0.2, -0.15) is 0 Å². The molecule has 0 amide bonds. The number of allylic oxidation sites excluding steroid dienone is 1. The molecule has 0 aromatic heterocycles. The molecule has 122 valence electrons. The van der Waals surface area contributed by atoms with Gasteiger partial charge in [-0.25, -0.2) is 9.59 Å². The van der Waals surface area contributed by atoms with Gasteiger partial charge in [-0.1, -0.05) is 29.3 Å². The van der Waals surface area contributed by atoms with Crippen LogP contribution < -0.4 is 0 Å². The lowest BCUT2D eigenvalue weighted by atomic mass is 9.99. The number of hydrogen-bond donors (Lipinski definition) is 0. The van der Waals surface area contributed by atoms with Gasteiger partial charge in [-0.3, -0.25) is 0 Å². The summed E-state index contributed by atoms with van der Waals surface area (Å²) < 4.78 is 10.2. The molecule has 0 heterocycles. The highest BCUT2D eigenvalue weighted by Gasteiger charge is 2.28. The molecule has 1 aromatic rings. The van der Waals surface area contributed by atoms with Gasteiger partial charge in [0.25, 0.3) is 0 Å². The summed E-state index contributed by atoms with van der Waals surface area (Å²) >= 11 is 6.27. The Labute approximate surface area is 140 Å². The Balaban J connectivity index is 2.64. The average molecular weight is 335 g/mol. The van der Waals surface area contributed by atoms with E-state index < -0.39 is 11.9 Å². The summed E-state index contributed by atoms with van der Waals surface area (Å²) in [7, 11) is 0. The van der Waals surface area contributed by atoms with Crippen LogP contribution in [0.4, 0.5) is 0 Å². The molecule has 4 nitrogen and oxygen atoms in total. The van der Waals surface area contributed by atoms with E-state index in [1.807, 2.05) is 19.1 Å². The highest BCUT2D eigenvalue weighted by atomic mass is 35.5. The fourth-order valence-electron chi connectivity index (χ4n) is 2.58. The molecular formula is C18H19ClO4. The maximum atomic E-state index is 12.4. The molecule has 0 fully saturated rings. The monoisotopic (exact) mass is 334 g/mol. The molecule has 0 bridgehead atoms. The second-order valence-corrected chi connectivity index (χ2v) is 5.55. The smallest absolute Gasteiger partial charge is 0.339 e. The topological polar surface area (TPSA) is 52.6 Å². The average Bonchev–Trinajstić information content (AvgIpc) is 2.64. The van der Waals surface area contributed by atoms with E-state index in [-0.39, 0.29) is 24.4 Å². The molecule has 1 aliphatic carbocycles. The number of halogens is 1. The predicted molar refractivity (Wildman–Crippen MR) is 89.1 cm³/mol. The fourth-order valence-corrected chi connectivity index (χ4v) is 2.82. The Bertz CT molecular complexity index is 701. The van der Waals surface area contributed by atoms with E-state index in [1.165, 1.54) is 0 Å². The lowest BCUT2D eigenvalue weighted by molar-refractivity contribution is -0.142. The van der Waals surface area contributed by atoms with Crippen LogP contribution in [0.2, 0.25) is 5.02 Å². The van der Waals surface area contributed by atoms with Crippen molar-refractivity contribution in [3.05, 3.63) is 51.1 Å². The third kappa shape index (κ3) is 3.64. The minimum Gasteiger partial charge on any atom is -0.462 e. The molecule has 23 heavy (non-hydrogen) atoms. The highest BCUT2D eigenvalue weighted by molar-refractivity contribution is 6.32. The molecule has 2 rings (SSSR count). The van der Waals surface area contributed by atoms with Crippen molar-refractivity contribution in [2.75, 3.05) is 13.2 Å². The van der Waals surface area contributed by atoms with Gasteiger partial charge >= 0.3 is 11.9 Å². The van der Waals surface area contributed by atoms with E-state index in [9.17, 15) is 9.59 Å². The van der Waals surface area contributed by atoms with Crippen molar-refractivity contribution in [2.24, 2.45) is 0 Å². The van der Waals surface area contributed by atoms with Gasteiger partial charge in [0, 0.05) is 5.02 Å². The Morgan fingerprint density at radius 2 is 1.78 bits per heavy atom. The molecule has 5 heteroatoms. The summed E-state index contributed by atoms with van der Waals surface area (Å²) in [6.45, 7) is 5.72. The fraction of sp³-hybridized carbons (Fsp3) is 0.333. The molecule has 0 unspecified atom stereocenters. The van der Waals surface area contributed by atoms with Crippen molar-refractivity contribution in [2.45, 2.75) is 27.2 Å². The van der Waals surface area contributed by atoms with Crippen molar-refractivity contribution in [1.29, 1.82) is 0 Å². The lowest BCUT2D eigenvalue weighted by Gasteiger charge is -2.12. The Kier molecular flexibility index (Phi) is 5.61. The third-order valence-corrected chi connectivity index (χ3v) is 3.89. The van der Waals surface area contributed by atoms with E-state index >= 15 is 0 Å². The van der Waals surface area contributed by atoms with Crippen LogP contribution >= 0.6 is 11.6 Å². The highest BCUT2D eigenvalue weighted by Crippen LogP contribution is 2.33. The van der Waals surface area contributed by atoms with Crippen LogP contribution in [0.1, 0.15) is 31.9 Å². The van der Waals surface area contributed by atoms with Gasteiger partial charge in [-0.05, 0) is 50.5 Å². The predicted octanol–water partition coefficient (Wildman–Crippen LogP) is 3.72. The number of hydrogen-bond acceptors (Lipinski definition) is 4. The molecule has 0 atom stereocenters. The van der Waals surface area contributed by atoms with Crippen LogP contribution in [-0.4, -0.2) is 25.2 Å². The van der Waals surface area contributed by atoms with E-state index in [1.54, 1.807) is 26.0 Å². The van der Waals surface area contributed by atoms with Gasteiger partial charge in [0.2, 0.25) is 0 Å². The summed E-state index contributed by atoms with van der Waals surface area (Å²) in [4.78, 5) is 24.7. The maximum absolute atomic E-state index is 12.4. The Morgan fingerprint density at radius 3 is 2.43 bits per heavy atom. The number of carbonyl (C=O) groups is 2. The van der Waals surface area contributed by atoms with Gasteiger partial charge < -0.3 is 9.47 Å². The normalized spacial score (nSPS) is 13.8. The zero-order valence-corrected chi connectivity index (χ0v) is 14.2. The first kappa shape index (κ1) is 17.3. The van der Waals surface area contributed by atoms with Crippen molar-refractivity contribution < 1.29 is 19.1 Å². The number of rotatable bonds is 4. The zero-order chi connectivity index (χ0) is 17.0. The molecule has 1 aliphatic rings. The molecule has 0 aliphatic heterocycles. The van der Waals surface area contributed by atoms with Gasteiger partial charge in [0.15, 0.2) is 0 Å². The number of fused-ring (bicyclic) bond motifs is 1. The second kappa shape index (κ2) is 7.47. The minimum absolute atomic E-state index is 0.189. The molecule has 1 aromatic carbocycles. The number of benzene rings is 1. The molecule has 0 radical (unpaired) electrons. The number of ether oxygens (including phenoxy) is 2. The Morgan fingerprint density at radius 1 is 1.13 bits per heavy atom. The van der Waals surface area contributed by atoms with Crippen LogP contribution in [0.3, 0.4) is 0 Å². The van der Waals surface area contributed by atoms with E-state index in [2.05, 4.69) is 0 Å². The summed E-state index contributed by atoms with van der Waals surface area (Å²) in [5, 5.41) is 0.530. The quantitative estimate of drug-likeness (QED) is 0.787. The standard InChI is InChI=1S/C18H19ClO4/c1-4-22-17(20)14-10-13-12(7-6-8-15(13)19)9-11(3)16(14)18(21)23-5-2/h6-8,10H,4-5,9H2,1-3H3. The zero-order valence-electron chi connectivity index (χ0n) is 13.4. The van der Waals surface area contributed by atoms with Crippen LogP contribution in [0, 0.1) is 0 Å². The first-order chi connectivity index (χ1) is 11.0. The molecule has 0 spiro atoms. The van der Waals surface area contributed by atoms with Gasteiger partial charge in [0.05, 0.1) is 24.4 Å². The van der Waals surface area contributed by atoms with E-state index in [0.717, 1.165) is 16.7 Å². The van der Waals surface area contributed by atoms with Crippen LogP contribution in [0.15, 0.2) is 34.9 Å². The molecule has 0 saturated carbocycles. The molecule has 0 saturated heterocycles. The van der Waals surface area contributed by atoms with Crippen LogP contribution in [-0.2, 0) is 25.5 Å². The maximum Gasteiger partial charge on any atom is 0.339 e. The number of esters is 2. The SMILES string of the molecule is CCOC(=O)C1=Cc2c(Cl)cccc2CC(C)=C1C(=O)OCC. The van der Waals surface area contributed by atoms with Crippen molar-refractivity contribution >= 4 is 29.6 Å². The first-order valence-corrected chi connectivity index (χ1v) is 7.90. The van der Waals surface area contributed by atoms with Crippen LogP contribution in [0.25, 0.3) is 6.08 Å². The molecular weight excluding hydrogens is 316 g/mol. The van der Waals surface area contributed by atoms with Crippen molar-refractivity contribution in [3.63, 3.8) is 0 Å². The van der Waals surface area contributed by atoms with Gasteiger partial charge in [-0.15, -0.1) is 0 Å². The van der Waals surface area contributed by atoms with E-state index in [4.69, 9.17) is 21.1 Å². The molecule has 0 N–H and O–H groups in total. The third-order valence-electron chi connectivity index (χ3n) is 3.56. The minimum atomic E-state index is -0.553. The van der Waals surface area contributed by atoms with Crippen molar-refractivity contribution in [1.82, 2.24) is 0 Å². The summed E-state index contributed by atoms with van der Waals surface area (Å²) in [5.41, 5.74) is 2.89. The summed E-state index contributed by atoms with van der Waals surface area (Å²) in [6.07, 6.45) is 2.14. The van der Waals surface area contributed by atoms with E-state index in [0.29, 0.717) is 11.4 Å². The summed E-state index contributed by atoms with van der Waals surface area (Å²) in [5.74, 6) is -1.07. The largest absolute Gasteiger partial charge is 0.462 e. The summed E-state index contributed by atoms with van der Waals surface area (Å²) in [6, 6.07) is 5.53. The lowest BCUT2D eigenvalue weighted by Crippen LogP contribution is -2.18. The second-order valence-electron chi connectivity index (χ2n) is 5.14. The first-order valence-electron chi connectivity index (χ1n) is 7.53. The van der Waals surface area contributed by atoms with Gasteiger partial charge in [0.1, 0.15) is 0 Å². The Hall–Kier alpha value is -2.07. The van der Waals surface area contributed by atoms with Crippen molar-refractivity contribution in [3.8, 4) is 0 Å². The van der Waals surface area contributed by atoms with Crippen LogP contribution in [0.5, 0.6) is 0 Å².